The van der Waals surface area contributed by atoms with Crippen LogP contribution in [0.3, 0.4) is 0 Å². The van der Waals surface area contributed by atoms with E-state index in [2.05, 4.69) is 57.3 Å². The third-order valence-corrected chi connectivity index (χ3v) is 4.71. The van der Waals surface area contributed by atoms with Crippen LogP contribution >= 0.6 is 11.3 Å². The van der Waals surface area contributed by atoms with Crippen LogP contribution in [0, 0.1) is 11.8 Å². The summed E-state index contributed by atoms with van der Waals surface area (Å²) in [7, 11) is 0. The highest BCUT2D eigenvalue weighted by Gasteiger charge is 2.15. The quantitative estimate of drug-likeness (QED) is 0.859. The lowest BCUT2D eigenvalue weighted by Gasteiger charge is -2.20. The highest BCUT2D eigenvalue weighted by Crippen LogP contribution is 2.25. The van der Waals surface area contributed by atoms with E-state index in [-0.39, 0.29) is 0 Å². The highest BCUT2D eigenvalue weighted by atomic mass is 32.1. The summed E-state index contributed by atoms with van der Waals surface area (Å²) in [5.74, 6) is 1.33. The van der Waals surface area contributed by atoms with Gasteiger partial charge in [0.15, 0.2) is 0 Å². The van der Waals surface area contributed by atoms with Gasteiger partial charge in [0, 0.05) is 12.5 Å². The molecule has 0 aliphatic heterocycles. The fourth-order valence-corrected chi connectivity index (χ4v) is 3.22. The van der Waals surface area contributed by atoms with E-state index >= 15 is 0 Å². The van der Waals surface area contributed by atoms with Gasteiger partial charge in [-0.05, 0) is 30.5 Å². The van der Waals surface area contributed by atoms with Crippen molar-refractivity contribution < 1.29 is 0 Å². The molecule has 2 nitrogen and oxygen atoms in total. The molecule has 0 bridgehead atoms. The molecule has 2 unspecified atom stereocenters. The molecule has 3 heteroatoms. The molecule has 0 saturated heterocycles. The molecule has 0 amide bonds. The van der Waals surface area contributed by atoms with Crippen molar-refractivity contribution in [2.45, 2.75) is 40.2 Å². The molecule has 0 fully saturated rings. The van der Waals surface area contributed by atoms with Gasteiger partial charge in [-0.15, -0.1) is 11.3 Å². The van der Waals surface area contributed by atoms with E-state index in [1.165, 1.54) is 9.71 Å². The molecule has 2 aromatic rings. The van der Waals surface area contributed by atoms with Gasteiger partial charge >= 0.3 is 0 Å². The summed E-state index contributed by atoms with van der Waals surface area (Å²) in [6.07, 6.45) is 1.08. The Bertz CT molecular complexity index is 485. The molecule has 0 aliphatic carbocycles. The number of para-hydroxylation sites is 1. The van der Waals surface area contributed by atoms with E-state index in [4.69, 9.17) is 4.98 Å². The number of hydrogen-bond donors (Lipinski definition) is 1. The Balaban J connectivity index is 1.96. The fraction of sp³-hybridized carbons (Fsp3) is 0.562. The number of benzene rings is 1. The van der Waals surface area contributed by atoms with Crippen LogP contribution in [0.2, 0.25) is 0 Å². The minimum absolute atomic E-state index is 0.567. The van der Waals surface area contributed by atoms with Crippen LogP contribution in [0.25, 0.3) is 10.2 Å². The minimum Gasteiger partial charge on any atom is -0.314 e. The van der Waals surface area contributed by atoms with Crippen molar-refractivity contribution in [2.24, 2.45) is 11.8 Å². The van der Waals surface area contributed by atoms with Gasteiger partial charge in [-0.25, -0.2) is 4.98 Å². The number of nitrogens with zero attached hydrogens (tertiary/aromatic N) is 1. The normalized spacial score (nSPS) is 15.0. The molecule has 1 aromatic carbocycles. The molecular weight excluding hydrogens is 252 g/mol. The first-order valence-corrected chi connectivity index (χ1v) is 7.95. The van der Waals surface area contributed by atoms with Crippen LogP contribution in [0.5, 0.6) is 0 Å². The summed E-state index contributed by atoms with van der Waals surface area (Å²) in [4.78, 5) is 4.73. The predicted molar refractivity (Wildman–Crippen MR) is 84.8 cm³/mol. The number of hydrogen-bond acceptors (Lipinski definition) is 3. The van der Waals surface area contributed by atoms with E-state index in [1.54, 1.807) is 0 Å². The molecule has 2 rings (SSSR count). The molecule has 0 spiro atoms. The van der Waals surface area contributed by atoms with Crippen LogP contribution in [-0.2, 0) is 6.42 Å². The van der Waals surface area contributed by atoms with Crippen LogP contribution in [0.4, 0.5) is 0 Å². The molecule has 19 heavy (non-hydrogen) atoms. The topological polar surface area (TPSA) is 24.9 Å². The largest absolute Gasteiger partial charge is 0.314 e. The summed E-state index contributed by atoms with van der Waals surface area (Å²) >= 11 is 1.84. The van der Waals surface area contributed by atoms with Crippen molar-refractivity contribution >= 4 is 21.6 Å². The Morgan fingerprint density at radius 3 is 2.53 bits per heavy atom. The lowest BCUT2D eigenvalue weighted by Crippen LogP contribution is -2.31. The second kappa shape index (κ2) is 6.49. The molecule has 0 aliphatic rings. The standard InChI is InChI=1S/C16H24N2S/c1-11(2)17-10-13(4)12(3)9-16-18-14-7-5-6-8-15(14)19-16/h5-8,11-13,17H,9-10H2,1-4H3. The lowest BCUT2D eigenvalue weighted by molar-refractivity contribution is 0.354. The van der Waals surface area contributed by atoms with Crippen LogP contribution < -0.4 is 5.32 Å². The van der Waals surface area contributed by atoms with Gasteiger partial charge in [0.1, 0.15) is 0 Å². The summed E-state index contributed by atoms with van der Waals surface area (Å²) in [6, 6.07) is 8.97. The first-order chi connectivity index (χ1) is 9.06. The number of fused-ring (bicyclic) bond motifs is 1. The molecule has 1 aromatic heterocycles. The zero-order chi connectivity index (χ0) is 13.8. The Kier molecular flexibility index (Phi) is 4.94. The molecule has 2 atom stereocenters. The van der Waals surface area contributed by atoms with E-state index in [1.807, 2.05) is 11.3 Å². The van der Waals surface area contributed by atoms with Gasteiger partial charge in [0.25, 0.3) is 0 Å². The Labute approximate surface area is 120 Å². The van der Waals surface area contributed by atoms with Gasteiger partial charge in [-0.3, -0.25) is 0 Å². The van der Waals surface area contributed by atoms with Crippen molar-refractivity contribution in [3.63, 3.8) is 0 Å². The monoisotopic (exact) mass is 276 g/mol. The zero-order valence-corrected chi connectivity index (χ0v) is 13.1. The molecular formula is C16H24N2S. The van der Waals surface area contributed by atoms with E-state index < -0.39 is 0 Å². The van der Waals surface area contributed by atoms with Crippen LogP contribution in [0.1, 0.15) is 32.7 Å². The summed E-state index contributed by atoms with van der Waals surface area (Å²) in [5, 5.41) is 4.79. The lowest BCUT2D eigenvalue weighted by atomic mass is 9.93. The van der Waals surface area contributed by atoms with Crippen molar-refractivity contribution in [1.82, 2.24) is 10.3 Å². The smallest absolute Gasteiger partial charge is 0.0941 e. The second-order valence-corrected chi connectivity index (χ2v) is 6.91. The van der Waals surface area contributed by atoms with Gasteiger partial charge in [-0.2, -0.15) is 0 Å². The van der Waals surface area contributed by atoms with Gasteiger partial charge in [-0.1, -0.05) is 39.8 Å². The summed E-state index contributed by atoms with van der Waals surface area (Å²) in [5.41, 5.74) is 1.14. The van der Waals surface area contributed by atoms with E-state index in [0.717, 1.165) is 18.5 Å². The maximum Gasteiger partial charge on any atom is 0.0941 e. The van der Waals surface area contributed by atoms with Crippen LogP contribution in [0.15, 0.2) is 24.3 Å². The van der Waals surface area contributed by atoms with Crippen LogP contribution in [-0.4, -0.2) is 17.6 Å². The first kappa shape index (κ1) is 14.5. The third-order valence-electron chi connectivity index (χ3n) is 3.65. The number of aromatic nitrogens is 1. The van der Waals surface area contributed by atoms with Crippen molar-refractivity contribution in [3.05, 3.63) is 29.3 Å². The van der Waals surface area contributed by atoms with E-state index in [9.17, 15) is 0 Å². The second-order valence-electron chi connectivity index (χ2n) is 5.80. The number of thiazole rings is 1. The molecule has 0 radical (unpaired) electrons. The maximum atomic E-state index is 4.73. The minimum atomic E-state index is 0.567. The molecule has 1 N–H and O–H groups in total. The highest BCUT2D eigenvalue weighted by molar-refractivity contribution is 7.18. The van der Waals surface area contributed by atoms with Crippen molar-refractivity contribution in [3.8, 4) is 0 Å². The Morgan fingerprint density at radius 2 is 1.84 bits per heavy atom. The molecule has 104 valence electrons. The maximum absolute atomic E-state index is 4.73. The molecule has 0 saturated carbocycles. The number of nitrogens with one attached hydrogen (secondary N) is 1. The predicted octanol–water partition coefficient (Wildman–Crippen LogP) is 4.11. The van der Waals surface area contributed by atoms with Gasteiger partial charge < -0.3 is 5.32 Å². The zero-order valence-electron chi connectivity index (χ0n) is 12.3. The Hall–Kier alpha value is -0.930. The van der Waals surface area contributed by atoms with Gasteiger partial charge in [0.05, 0.1) is 15.2 Å². The number of rotatable bonds is 6. The summed E-state index contributed by atoms with van der Waals surface area (Å²) < 4.78 is 1.30. The fourth-order valence-electron chi connectivity index (χ4n) is 2.11. The first-order valence-electron chi connectivity index (χ1n) is 7.14. The third kappa shape index (κ3) is 4.02. The SMILES string of the molecule is CC(C)NCC(C)C(C)Cc1nc2ccccc2s1. The average Bonchev–Trinajstić information content (AvgIpc) is 2.77. The van der Waals surface area contributed by atoms with Crippen molar-refractivity contribution in [1.29, 1.82) is 0 Å². The summed E-state index contributed by atoms with van der Waals surface area (Å²) in [6.45, 7) is 10.1. The average molecular weight is 276 g/mol. The van der Waals surface area contributed by atoms with Crippen molar-refractivity contribution in [2.75, 3.05) is 6.54 Å². The van der Waals surface area contributed by atoms with E-state index in [0.29, 0.717) is 17.9 Å². The van der Waals surface area contributed by atoms with Gasteiger partial charge in [0.2, 0.25) is 0 Å². The Morgan fingerprint density at radius 1 is 1.11 bits per heavy atom. The molecule has 1 heterocycles.